The summed E-state index contributed by atoms with van der Waals surface area (Å²) in [7, 11) is 0. The van der Waals surface area contributed by atoms with Gasteiger partial charge in [-0.3, -0.25) is 9.78 Å². The quantitative estimate of drug-likeness (QED) is 0.242. The molecule has 5 rings (SSSR count). The van der Waals surface area contributed by atoms with Crippen molar-refractivity contribution in [2.24, 2.45) is 5.73 Å². The summed E-state index contributed by atoms with van der Waals surface area (Å²) in [4.78, 5) is 24.5. The van der Waals surface area contributed by atoms with Gasteiger partial charge in [0.25, 0.3) is 5.91 Å². The molecule has 1 unspecified atom stereocenters. The number of anilines is 2. The van der Waals surface area contributed by atoms with Crippen molar-refractivity contribution >= 4 is 49.9 Å². The molecule has 1 aliphatic heterocycles. The van der Waals surface area contributed by atoms with E-state index in [-0.39, 0.29) is 6.61 Å². The van der Waals surface area contributed by atoms with E-state index in [0.29, 0.717) is 23.2 Å². The zero-order chi connectivity index (χ0) is 26.6. The number of aliphatic hydroxyl groups is 1. The molecule has 6 N–H and O–H groups in total. The van der Waals surface area contributed by atoms with Gasteiger partial charge in [-0.25, -0.2) is 4.98 Å². The van der Waals surface area contributed by atoms with E-state index in [4.69, 9.17) is 21.2 Å². The Morgan fingerprint density at radius 1 is 1.29 bits per heavy atom. The van der Waals surface area contributed by atoms with Gasteiger partial charge < -0.3 is 31.5 Å². The summed E-state index contributed by atoms with van der Waals surface area (Å²) in [6, 6.07) is 12.0. The molecule has 4 heterocycles. The molecule has 0 saturated carbocycles. The smallest absolute Gasteiger partial charge is 0.260 e. The number of piperidine rings is 1. The third kappa shape index (κ3) is 5.52. The number of thiophene rings is 1. The number of hydrogen-bond donors (Lipinski definition) is 4. The molecule has 200 valence electrons. The van der Waals surface area contributed by atoms with E-state index >= 15 is 0 Å². The van der Waals surface area contributed by atoms with Crippen LogP contribution in [-0.2, 0) is 6.42 Å². The van der Waals surface area contributed by atoms with Crippen molar-refractivity contribution in [2.75, 3.05) is 36.9 Å². The number of carbonyl (C=O) groups excluding carboxylic acids is 1. The Kier molecular flexibility index (Phi) is 7.92. The van der Waals surface area contributed by atoms with Crippen LogP contribution in [0.5, 0.6) is 5.75 Å². The van der Waals surface area contributed by atoms with Gasteiger partial charge >= 0.3 is 0 Å². The van der Waals surface area contributed by atoms with E-state index in [1.807, 2.05) is 30.3 Å². The number of nitrogens with two attached hydrogens (primary N) is 2. The normalized spacial score (nSPS) is 15.3. The summed E-state index contributed by atoms with van der Waals surface area (Å²) in [6.07, 6.45) is 4.83. The predicted molar refractivity (Wildman–Crippen MR) is 153 cm³/mol. The Balaban J connectivity index is 1.16. The SMILES string of the molecule is CCCc1cc(N2CCC(NCC(O)COc3cccc4ncccc34)CC2)nc2sc(C(N)=O)c(N)c12. The molecular formula is C28H34N6O3S. The molecule has 1 amide bonds. The number of benzene rings is 1. The van der Waals surface area contributed by atoms with Crippen LogP contribution >= 0.6 is 11.3 Å². The van der Waals surface area contributed by atoms with Gasteiger partial charge in [-0.2, -0.15) is 0 Å². The molecule has 1 aliphatic rings. The Bertz CT molecular complexity index is 1430. The highest BCUT2D eigenvalue weighted by Crippen LogP contribution is 2.37. The van der Waals surface area contributed by atoms with E-state index in [0.717, 1.165) is 77.0 Å². The minimum Gasteiger partial charge on any atom is -0.490 e. The van der Waals surface area contributed by atoms with E-state index < -0.39 is 12.0 Å². The second-order valence-electron chi connectivity index (χ2n) is 9.74. The Labute approximate surface area is 225 Å². The van der Waals surface area contributed by atoms with Crippen molar-refractivity contribution in [1.29, 1.82) is 0 Å². The molecule has 38 heavy (non-hydrogen) atoms. The van der Waals surface area contributed by atoms with Gasteiger partial charge in [0.1, 0.15) is 34.0 Å². The van der Waals surface area contributed by atoms with Crippen LogP contribution in [0.3, 0.4) is 0 Å². The number of aliphatic hydroxyl groups excluding tert-OH is 1. The summed E-state index contributed by atoms with van der Waals surface area (Å²) in [6.45, 7) is 4.49. The fourth-order valence-electron chi connectivity index (χ4n) is 5.06. The Morgan fingerprint density at radius 2 is 2.11 bits per heavy atom. The average molecular weight is 535 g/mol. The molecule has 0 bridgehead atoms. The largest absolute Gasteiger partial charge is 0.490 e. The third-order valence-electron chi connectivity index (χ3n) is 7.01. The first kappa shape index (κ1) is 26.1. The topological polar surface area (TPSA) is 140 Å². The molecule has 3 aromatic heterocycles. The third-order valence-corrected chi connectivity index (χ3v) is 8.12. The number of ether oxygens (including phenoxy) is 1. The van der Waals surface area contributed by atoms with Gasteiger partial charge in [0.05, 0.1) is 11.2 Å². The monoisotopic (exact) mass is 534 g/mol. The van der Waals surface area contributed by atoms with Crippen molar-refractivity contribution in [1.82, 2.24) is 15.3 Å². The molecule has 0 radical (unpaired) electrons. The van der Waals surface area contributed by atoms with Crippen LogP contribution in [0.1, 0.15) is 41.4 Å². The summed E-state index contributed by atoms with van der Waals surface area (Å²) in [5.41, 5.74) is 14.2. The second kappa shape index (κ2) is 11.5. The van der Waals surface area contributed by atoms with Gasteiger partial charge in [0, 0.05) is 42.6 Å². The highest BCUT2D eigenvalue weighted by Gasteiger charge is 2.24. The number of nitrogens with zero attached hydrogens (tertiary/aromatic N) is 3. The number of hydrogen-bond acceptors (Lipinski definition) is 9. The fourth-order valence-corrected chi connectivity index (χ4v) is 6.05. The van der Waals surface area contributed by atoms with Gasteiger partial charge in [0.15, 0.2) is 0 Å². The number of aromatic nitrogens is 2. The lowest BCUT2D eigenvalue weighted by Gasteiger charge is -2.34. The highest BCUT2D eigenvalue weighted by atomic mass is 32.1. The van der Waals surface area contributed by atoms with E-state index in [2.05, 4.69) is 28.2 Å². The summed E-state index contributed by atoms with van der Waals surface area (Å²) in [5.74, 6) is 1.13. The van der Waals surface area contributed by atoms with Crippen LogP contribution in [0.25, 0.3) is 21.1 Å². The van der Waals surface area contributed by atoms with Crippen molar-refractivity contribution in [3.05, 3.63) is 53.0 Å². The highest BCUT2D eigenvalue weighted by molar-refractivity contribution is 7.21. The summed E-state index contributed by atoms with van der Waals surface area (Å²) >= 11 is 1.27. The fraction of sp³-hybridized carbons (Fsp3) is 0.393. The van der Waals surface area contributed by atoms with Crippen molar-refractivity contribution in [2.45, 2.75) is 44.8 Å². The maximum absolute atomic E-state index is 11.8. The predicted octanol–water partition coefficient (Wildman–Crippen LogP) is 3.48. The first-order valence-electron chi connectivity index (χ1n) is 13.1. The van der Waals surface area contributed by atoms with Crippen LogP contribution in [0.4, 0.5) is 11.5 Å². The summed E-state index contributed by atoms with van der Waals surface area (Å²) in [5, 5.41) is 15.8. The van der Waals surface area contributed by atoms with Crippen molar-refractivity contribution in [3.8, 4) is 5.75 Å². The Morgan fingerprint density at radius 3 is 2.87 bits per heavy atom. The summed E-state index contributed by atoms with van der Waals surface area (Å²) < 4.78 is 5.90. The number of primary amides is 1. The molecule has 1 saturated heterocycles. The van der Waals surface area contributed by atoms with E-state index in [1.54, 1.807) is 6.20 Å². The number of amides is 1. The standard InChI is InChI=1S/C28H34N6O3S/c1-2-5-17-14-23(33-28-24(17)25(29)26(38-28)27(30)36)34-12-9-18(10-13-34)32-15-19(35)16-37-22-8-3-7-21-20(22)6-4-11-31-21/h3-4,6-8,11,14,18-19,32,35H,2,5,9-10,12-13,15-16,29H2,1H3,(H2,30,36). The lowest BCUT2D eigenvalue weighted by molar-refractivity contribution is 0.100. The van der Waals surface area contributed by atoms with Gasteiger partial charge in [-0.1, -0.05) is 19.4 Å². The lowest BCUT2D eigenvalue weighted by atomic mass is 10.0. The molecule has 10 heteroatoms. The molecule has 1 fully saturated rings. The maximum atomic E-state index is 11.8. The number of aryl methyl sites for hydroxylation is 1. The molecule has 4 aromatic rings. The van der Waals surface area contributed by atoms with Crippen molar-refractivity contribution < 1.29 is 14.6 Å². The van der Waals surface area contributed by atoms with Crippen molar-refractivity contribution in [3.63, 3.8) is 0 Å². The van der Waals surface area contributed by atoms with Crippen LogP contribution in [0, 0.1) is 0 Å². The molecule has 1 atom stereocenters. The zero-order valence-corrected chi connectivity index (χ0v) is 22.3. The van der Waals surface area contributed by atoms with Gasteiger partial charge in [-0.15, -0.1) is 11.3 Å². The molecule has 0 spiro atoms. The second-order valence-corrected chi connectivity index (χ2v) is 10.7. The van der Waals surface area contributed by atoms with Crippen LogP contribution < -0.4 is 26.4 Å². The zero-order valence-electron chi connectivity index (χ0n) is 21.5. The van der Waals surface area contributed by atoms with Crippen LogP contribution in [0.2, 0.25) is 0 Å². The number of carbonyl (C=O) groups is 1. The number of pyridine rings is 2. The number of rotatable bonds is 10. The van der Waals surface area contributed by atoms with Crippen LogP contribution in [-0.4, -0.2) is 59.4 Å². The first-order chi connectivity index (χ1) is 18.4. The number of fused-ring (bicyclic) bond motifs is 2. The van der Waals surface area contributed by atoms with E-state index in [1.165, 1.54) is 11.3 Å². The molecule has 0 aliphatic carbocycles. The number of nitrogens with one attached hydrogen (secondary N) is 1. The Hall–Kier alpha value is -3.47. The molecule has 1 aromatic carbocycles. The minimum absolute atomic E-state index is 0.210. The maximum Gasteiger partial charge on any atom is 0.260 e. The lowest BCUT2D eigenvalue weighted by Crippen LogP contribution is -2.45. The average Bonchev–Trinajstić information content (AvgIpc) is 3.28. The minimum atomic E-state index is -0.621. The first-order valence-corrected chi connectivity index (χ1v) is 13.9. The van der Waals surface area contributed by atoms with Gasteiger partial charge in [-0.05, 0) is 55.2 Å². The molecule has 9 nitrogen and oxygen atoms in total. The van der Waals surface area contributed by atoms with Crippen LogP contribution in [0.15, 0.2) is 42.6 Å². The van der Waals surface area contributed by atoms with E-state index in [9.17, 15) is 9.90 Å². The number of nitrogen functional groups attached to an aromatic ring is 1. The van der Waals surface area contributed by atoms with Gasteiger partial charge in [0.2, 0.25) is 0 Å². The molecular weight excluding hydrogens is 500 g/mol.